The molecule has 0 radical (unpaired) electrons. The maximum atomic E-state index is 13.4. The van der Waals surface area contributed by atoms with Crippen molar-refractivity contribution in [2.75, 3.05) is 0 Å². The highest BCUT2D eigenvalue weighted by Crippen LogP contribution is 2.43. The van der Waals surface area contributed by atoms with Gasteiger partial charge in [-0.3, -0.25) is 9.48 Å². The molecule has 0 bridgehead atoms. The van der Waals surface area contributed by atoms with Crippen molar-refractivity contribution in [3.8, 4) is 11.5 Å². The Labute approximate surface area is 158 Å². The molecule has 1 aliphatic heterocycles. The van der Waals surface area contributed by atoms with Crippen LogP contribution in [0.15, 0.2) is 60.9 Å². The number of hydrogen-bond donors (Lipinski definition) is 1. The van der Waals surface area contributed by atoms with E-state index < -0.39 is 5.92 Å². The maximum absolute atomic E-state index is 13.4. The van der Waals surface area contributed by atoms with Gasteiger partial charge < -0.3 is 10.1 Å². The third-order valence-electron chi connectivity index (χ3n) is 4.93. The Hall–Kier alpha value is -3.15. The number of nitrogens with zero attached hydrogens (tertiary/aromatic N) is 3. The minimum absolute atomic E-state index is 0.0305. The molecule has 0 aliphatic carbocycles. The fourth-order valence-corrected chi connectivity index (χ4v) is 3.41. The predicted octanol–water partition coefficient (Wildman–Crippen LogP) is 3.36. The zero-order valence-corrected chi connectivity index (χ0v) is 15.4. The molecular weight excluding hydrogens is 340 g/mol. The van der Waals surface area contributed by atoms with Gasteiger partial charge >= 0.3 is 0 Å². The molecule has 3 aromatic rings. The van der Waals surface area contributed by atoms with Gasteiger partial charge in [0.25, 0.3) is 0 Å². The Balaban J connectivity index is 1.64. The number of nitrogens with one attached hydrogen (secondary N) is 1. The molecule has 1 atom stereocenters. The van der Waals surface area contributed by atoms with E-state index in [2.05, 4.69) is 29.5 Å². The van der Waals surface area contributed by atoms with Crippen LogP contribution in [-0.2, 0) is 11.3 Å². The number of amides is 1. The van der Waals surface area contributed by atoms with Gasteiger partial charge in [-0.25, -0.2) is 0 Å². The molecule has 138 valence electrons. The van der Waals surface area contributed by atoms with E-state index in [-0.39, 0.29) is 17.9 Å². The van der Waals surface area contributed by atoms with Crippen molar-refractivity contribution in [2.24, 2.45) is 5.92 Å². The first-order chi connectivity index (χ1) is 13.1. The SMILES string of the molecule is CC(C)[C@@H](Cn1ccnn1)NC(=O)C1c2ccccc2Oc2ccccc21. The molecule has 27 heavy (non-hydrogen) atoms. The number of para-hydroxylation sites is 2. The van der Waals surface area contributed by atoms with E-state index in [1.54, 1.807) is 17.1 Å². The molecule has 0 saturated heterocycles. The summed E-state index contributed by atoms with van der Waals surface area (Å²) >= 11 is 0. The summed E-state index contributed by atoms with van der Waals surface area (Å²) < 4.78 is 7.74. The van der Waals surface area contributed by atoms with Gasteiger partial charge in [-0.1, -0.05) is 55.5 Å². The average Bonchev–Trinajstić information content (AvgIpc) is 3.18. The quantitative estimate of drug-likeness (QED) is 0.756. The molecule has 4 rings (SSSR count). The van der Waals surface area contributed by atoms with Crippen LogP contribution in [0, 0.1) is 5.92 Å². The van der Waals surface area contributed by atoms with Gasteiger partial charge in [0.1, 0.15) is 11.5 Å². The molecule has 0 saturated carbocycles. The lowest BCUT2D eigenvalue weighted by atomic mass is 9.86. The molecule has 1 aromatic heterocycles. The fourth-order valence-electron chi connectivity index (χ4n) is 3.41. The number of carbonyl (C=O) groups is 1. The molecule has 2 aromatic carbocycles. The van der Waals surface area contributed by atoms with E-state index in [4.69, 9.17) is 4.74 Å². The molecule has 0 unspecified atom stereocenters. The van der Waals surface area contributed by atoms with Crippen LogP contribution >= 0.6 is 0 Å². The molecule has 0 spiro atoms. The highest BCUT2D eigenvalue weighted by molar-refractivity contribution is 5.89. The summed E-state index contributed by atoms with van der Waals surface area (Å²) in [6, 6.07) is 15.4. The van der Waals surface area contributed by atoms with Gasteiger partial charge in [0.2, 0.25) is 5.91 Å². The Morgan fingerprint density at radius 2 is 1.74 bits per heavy atom. The summed E-state index contributed by atoms with van der Waals surface area (Å²) in [6.45, 7) is 4.76. The minimum Gasteiger partial charge on any atom is -0.457 e. The first-order valence-corrected chi connectivity index (χ1v) is 9.13. The van der Waals surface area contributed by atoms with Crippen molar-refractivity contribution in [3.05, 3.63) is 72.1 Å². The fraction of sp³-hybridized carbons (Fsp3) is 0.286. The van der Waals surface area contributed by atoms with Crippen molar-refractivity contribution in [2.45, 2.75) is 32.4 Å². The average molecular weight is 362 g/mol. The Kier molecular flexibility index (Phi) is 4.62. The predicted molar refractivity (Wildman–Crippen MR) is 102 cm³/mol. The van der Waals surface area contributed by atoms with Gasteiger partial charge in [0.05, 0.1) is 24.7 Å². The van der Waals surface area contributed by atoms with Gasteiger partial charge in [-0.15, -0.1) is 5.10 Å². The second kappa shape index (κ2) is 7.23. The summed E-state index contributed by atoms with van der Waals surface area (Å²) in [5, 5.41) is 11.1. The zero-order chi connectivity index (χ0) is 18.8. The lowest BCUT2D eigenvalue weighted by Crippen LogP contribution is -2.44. The van der Waals surface area contributed by atoms with Gasteiger partial charge in [0.15, 0.2) is 0 Å². The van der Waals surface area contributed by atoms with E-state index >= 15 is 0 Å². The van der Waals surface area contributed by atoms with Crippen LogP contribution < -0.4 is 10.1 Å². The minimum atomic E-state index is -0.400. The van der Waals surface area contributed by atoms with Gasteiger partial charge in [0, 0.05) is 17.3 Å². The third kappa shape index (κ3) is 3.43. The molecule has 1 N–H and O–H groups in total. The molecule has 2 heterocycles. The Morgan fingerprint density at radius 3 is 2.30 bits per heavy atom. The first-order valence-electron chi connectivity index (χ1n) is 9.13. The van der Waals surface area contributed by atoms with Crippen molar-refractivity contribution in [1.82, 2.24) is 20.3 Å². The summed E-state index contributed by atoms with van der Waals surface area (Å²) in [5.74, 6) is 1.28. The third-order valence-corrected chi connectivity index (χ3v) is 4.93. The van der Waals surface area contributed by atoms with Crippen LogP contribution in [0.4, 0.5) is 0 Å². The zero-order valence-electron chi connectivity index (χ0n) is 15.4. The van der Waals surface area contributed by atoms with Gasteiger partial charge in [-0.2, -0.15) is 0 Å². The lowest BCUT2D eigenvalue weighted by Gasteiger charge is -2.30. The number of fused-ring (bicyclic) bond motifs is 2. The number of rotatable bonds is 5. The normalized spacial score (nSPS) is 14.2. The second-order valence-corrected chi connectivity index (χ2v) is 7.09. The highest BCUT2D eigenvalue weighted by atomic mass is 16.5. The van der Waals surface area contributed by atoms with Gasteiger partial charge in [-0.05, 0) is 18.1 Å². The number of ether oxygens (including phenoxy) is 1. The summed E-state index contributed by atoms with van der Waals surface area (Å²) in [5.41, 5.74) is 1.77. The van der Waals surface area contributed by atoms with E-state index in [0.717, 1.165) is 22.6 Å². The molecule has 6 nitrogen and oxygen atoms in total. The number of hydrogen-bond acceptors (Lipinski definition) is 4. The lowest BCUT2D eigenvalue weighted by molar-refractivity contribution is -0.123. The van der Waals surface area contributed by atoms with Crippen molar-refractivity contribution >= 4 is 5.91 Å². The molecule has 0 fully saturated rings. The van der Waals surface area contributed by atoms with Crippen LogP contribution in [0.2, 0.25) is 0 Å². The number of carbonyl (C=O) groups excluding carboxylic acids is 1. The van der Waals surface area contributed by atoms with Crippen molar-refractivity contribution in [3.63, 3.8) is 0 Å². The Morgan fingerprint density at radius 1 is 1.11 bits per heavy atom. The monoisotopic (exact) mass is 362 g/mol. The maximum Gasteiger partial charge on any atom is 0.232 e. The smallest absolute Gasteiger partial charge is 0.232 e. The van der Waals surface area contributed by atoms with Crippen LogP contribution in [0.1, 0.15) is 30.9 Å². The molecule has 1 amide bonds. The highest BCUT2D eigenvalue weighted by Gasteiger charge is 2.33. The molecule has 6 heteroatoms. The molecule has 1 aliphatic rings. The van der Waals surface area contributed by atoms with Crippen molar-refractivity contribution in [1.29, 1.82) is 0 Å². The van der Waals surface area contributed by atoms with E-state index in [0.29, 0.717) is 6.54 Å². The van der Waals surface area contributed by atoms with Crippen LogP contribution in [0.3, 0.4) is 0 Å². The van der Waals surface area contributed by atoms with E-state index in [1.807, 2.05) is 48.5 Å². The van der Waals surface area contributed by atoms with E-state index in [1.165, 1.54) is 0 Å². The number of aromatic nitrogens is 3. The topological polar surface area (TPSA) is 69.0 Å². The van der Waals surface area contributed by atoms with E-state index in [9.17, 15) is 4.79 Å². The first kappa shape index (κ1) is 17.3. The largest absolute Gasteiger partial charge is 0.457 e. The summed E-state index contributed by atoms with van der Waals surface area (Å²) in [7, 11) is 0. The summed E-state index contributed by atoms with van der Waals surface area (Å²) in [4.78, 5) is 13.4. The summed E-state index contributed by atoms with van der Waals surface area (Å²) in [6.07, 6.45) is 3.45. The standard InChI is InChI=1S/C21H22N4O2/c1-14(2)17(13-25-12-11-22-24-25)23-21(26)20-15-7-3-5-9-18(15)27-19-10-6-4-8-16(19)20/h3-12,14,17,20H,13H2,1-2H3,(H,23,26)/t17-/m1/s1. The number of benzene rings is 2. The Bertz CT molecular complexity index is 891. The van der Waals surface area contributed by atoms with Crippen LogP contribution in [-0.4, -0.2) is 26.9 Å². The van der Waals surface area contributed by atoms with Crippen LogP contribution in [0.5, 0.6) is 11.5 Å². The second-order valence-electron chi connectivity index (χ2n) is 7.09. The van der Waals surface area contributed by atoms with Crippen molar-refractivity contribution < 1.29 is 9.53 Å². The molecular formula is C21H22N4O2. The van der Waals surface area contributed by atoms with Crippen LogP contribution in [0.25, 0.3) is 0 Å².